The summed E-state index contributed by atoms with van der Waals surface area (Å²) in [6.45, 7) is 1.92. The lowest BCUT2D eigenvalue weighted by atomic mass is 10.1. The first-order chi connectivity index (χ1) is 10.0. The Morgan fingerprint density at radius 2 is 2.24 bits per heavy atom. The Morgan fingerprint density at radius 3 is 2.90 bits per heavy atom. The SMILES string of the molecule is Cc1cn2c(C=O)c(-c3ccc(Cl)c([N+](=O)[O-])c3)nc2s1. The number of rotatable bonds is 3. The van der Waals surface area contributed by atoms with Crippen LogP contribution in [0.5, 0.6) is 0 Å². The van der Waals surface area contributed by atoms with Crippen molar-refractivity contribution in [2.24, 2.45) is 0 Å². The molecule has 21 heavy (non-hydrogen) atoms. The molecule has 0 radical (unpaired) electrons. The van der Waals surface area contributed by atoms with E-state index in [1.165, 1.54) is 23.5 Å². The van der Waals surface area contributed by atoms with Crippen LogP contribution in [0, 0.1) is 17.0 Å². The third-order valence-corrected chi connectivity index (χ3v) is 4.22. The summed E-state index contributed by atoms with van der Waals surface area (Å²) in [7, 11) is 0. The Bertz CT molecular complexity index is 884. The van der Waals surface area contributed by atoms with Gasteiger partial charge in [0.2, 0.25) is 0 Å². The average molecular weight is 322 g/mol. The van der Waals surface area contributed by atoms with E-state index in [0.717, 1.165) is 4.88 Å². The van der Waals surface area contributed by atoms with Gasteiger partial charge < -0.3 is 0 Å². The molecule has 8 heteroatoms. The van der Waals surface area contributed by atoms with Gasteiger partial charge in [-0.05, 0) is 13.0 Å². The van der Waals surface area contributed by atoms with Gasteiger partial charge in [0.1, 0.15) is 16.4 Å². The molecule has 0 unspecified atom stereocenters. The van der Waals surface area contributed by atoms with Gasteiger partial charge in [0.15, 0.2) is 11.2 Å². The molecule has 0 aliphatic heterocycles. The molecule has 6 nitrogen and oxygen atoms in total. The molecule has 0 spiro atoms. The quantitative estimate of drug-likeness (QED) is 0.418. The third kappa shape index (κ3) is 2.20. The highest BCUT2D eigenvalue weighted by molar-refractivity contribution is 7.17. The van der Waals surface area contributed by atoms with E-state index in [1.807, 2.05) is 13.1 Å². The molecule has 1 aromatic carbocycles. The number of imidazole rings is 1. The highest BCUT2D eigenvalue weighted by Crippen LogP contribution is 2.32. The fraction of sp³-hybridized carbons (Fsp3) is 0.0769. The summed E-state index contributed by atoms with van der Waals surface area (Å²) in [5.74, 6) is 0. The Balaban J connectivity index is 2.25. The zero-order chi connectivity index (χ0) is 15.1. The monoisotopic (exact) mass is 321 g/mol. The summed E-state index contributed by atoms with van der Waals surface area (Å²) in [4.78, 5) is 27.8. The summed E-state index contributed by atoms with van der Waals surface area (Å²) in [5, 5.41) is 11.0. The maximum absolute atomic E-state index is 11.4. The third-order valence-electron chi connectivity index (χ3n) is 3.01. The number of halogens is 1. The number of aryl methyl sites for hydroxylation is 1. The molecule has 0 N–H and O–H groups in total. The molecule has 0 saturated heterocycles. The number of hydrogen-bond acceptors (Lipinski definition) is 5. The molecule has 3 aromatic rings. The van der Waals surface area contributed by atoms with Crippen LogP contribution in [0.1, 0.15) is 15.4 Å². The van der Waals surface area contributed by atoms with Gasteiger partial charge in [0.05, 0.1) is 4.92 Å². The van der Waals surface area contributed by atoms with Crippen molar-refractivity contribution in [2.75, 3.05) is 0 Å². The van der Waals surface area contributed by atoms with Crippen LogP contribution in [0.3, 0.4) is 0 Å². The number of aromatic nitrogens is 2. The van der Waals surface area contributed by atoms with Crippen LogP contribution in [-0.2, 0) is 0 Å². The summed E-state index contributed by atoms with van der Waals surface area (Å²) < 4.78 is 1.68. The van der Waals surface area contributed by atoms with Crippen molar-refractivity contribution in [2.45, 2.75) is 6.92 Å². The molecule has 0 saturated carbocycles. The lowest BCUT2D eigenvalue weighted by Gasteiger charge is -2.00. The van der Waals surface area contributed by atoms with Crippen molar-refractivity contribution in [3.63, 3.8) is 0 Å². The van der Waals surface area contributed by atoms with E-state index >= 15 is 0 Å². The number of nitro groups is 1. The molecule has 2 heterocycles. The Hall–Kier alpha value is -2.25. The van der Waals surface area contributed by atoms with Gasteiger partial charge in [0.25, 0.3) is 5.69 Å². The predicted octanol–water partition coefficient (Wildman–Crippen LogP) is 3.75. The first kappa shape index (κ1) is 13.7. The van der Waals surface area contributed by atoms with Crippen molar-refractivity contribution in [1.82, 2.24) is 9.38 Å². The number of nitro benzene ring substituents is 1. The first-order valence-electron chi connectivity index (χ1n) is 5.89. The summed E-state index contributed by atoms with van der Waals surface area (Å²) in [6, 6.07) is 4.37. The van der Waals surface area contributed by atoms with E-state index in [1.54, 1.807) is 10.5 Å². The highest BCUT2D eigenvalue weighted by atomic mass is 35.5. The molecule has 0 atom stereocenters. The van der Waals surface area contributed by atoms with Crippen molar-refractivity contribution >= 4 is 39.9 Å². The number of fused-ring (bicyclic) bond motifs is 1. The van der Waals surface area contributed by atoms with Crippen LogP contribution in [-0.4, -0.2) is 20.6 Å². The number of nitrogens with zero attached hydrogens (tertiary/aromatic N) is 3. The smallest absolute Gasteiger partial charge is 0.288 e. The second kappa shape index (κ2) is 4.94. The fourth-order valence-corrected chi connectivity index (χ4v) is 3.12. The zero-order valence-corrected chi connectivity index (χ0v) is 12.3. The highest BCUT2D eigenvalue weighted by Gasteiger charge is 2.19. The second-order valence-electron chi connectivity index (χ2n) is 4.38. The molecule has 0 bridgehead atoms. The largest absolute Gasteiger partial charge is 0.296 e. The normalized spacial score (nSPS) is 11.0. The number of hydrogen-bond donors (Lipinski definition) is 0. The average Bonchev–Trinajstić information content (AvgIpc) is 2.94. The molecule has 0 aliphatic carbocycles. The topological polar surface area (TPSA) is 77.5 Å². The molecule has 2 aromatic heterocycles. The van der Waals surface area contributed by atoms with Crippen LogP contribution in [0.15, 0.2) is 24.4 Å². The van der Waals surface area contributed by atoms with Gasteiger partial charge in [-0.3, -0.25) is 19.3 Å². The van der Waals surface area contributed by atoms with Gasteiger partial charge in [-0.25, -0.2) is 4.98 Å². The minimum absolute atomic E-state index is 0.0493. The van der Waals surface area contributed by atoms with E-state index in [-0.39, 0.29) is 10.7 Å². The second-order valence-corrected chi connectivity index (χ2v) is 6.00. The van der Waals surface area contributed by atoms with Gasteiger partial charge in [0, 0.05) is 22.7 Å². The number of benzene rings is 1. The van der Waals surface area contributed by atoms with Crippen molar-refractivity contribution in [3.8, 4) is 11.3 Å². The van der Waals surface area contributed by atoms with Gasteiger partial charge in [-0.2, -0.15) is 0 Å². The van der Waals surface area contributed by atoms with E-state index in [4.69, 9.17) is 11.6 Å². The Kier molecular flexibility index (Phi) is 3.23. The molecular weight excluding hydrogens is 314 g/mol. The maximum atomic E-state index is 11.4. The van der Waals surface area contributed by atoms with Crippen LogP contribution >= 0.6 is 22.9 Å². The van der Waals surface area contributed by atoms with Crippen LogP contribution < -0.4 is 0 Å². The summed E-state index contributed by atoms with van der Waals surface area (Å²) in [6.07, 6.45) is 2.51. The van der Waals surface area contributed by atoms with Gasteiger partial charge in [-0.1, -0.05) is 17.7 Å². The predicted molar refractivity (Wildman–Crippen MR) is 80.3 cm³/mol. The molecule has 0 amide bonds. The van der Waals surface area contributed by atoms with Crippen molar-refractivity contribution in [3.05, 3.63) is 50.1 Å². The maximum Gasteiger partial charge on any atom is 0.288 e. The molecule has 106 valence electrons. The summed E-state index contributed by atoms with van der Waals surface area (Å²) >= 11 is 7.24. The number of thiazole rings is 1. The summed E-state index contributed by atoms with van der Waals surface area (Å²) in [5.41, 5.74) is 1.06. The zero-order valence-electron chi connectivity index (χ0n) is 10.7. The Labute approximate surface area is 127 Å². The molecule has 0 fully saturated rings. The fourth-order valence-electron chi connectivity index (χ4n) is 2.10. The van der Waals surface area contributed by atoms with E-state index < -0.39 is 4.92 Å². The minimum atomic E-state index is -0.561. The van der Waals surface area contributed by atoms with E-state index in [9.17, 15) is 14.9 Å². The first-order valence-corrected chi connectivity index (χ1v) is 7.08. The molecular formula is C13H8ClN3O3S. The van der Waals surface area contributed by atoms with Crippen molar-refractivity contribution in [1.29, 1.82) is 0 Å². The van der Waals surface area contributed by atoms with E-state index in [0.29, 0.717) is 28.2 Å². The van der Waals surface area contributed by atoms with Crippen molar-refractivity contribution < 1.29 is 9.72 Å². The molecule has 0 aliphatic rings. The van der Waals surface area contributed by atoms with Crippen LogP contribution in [0.4, 0.5) is 5.69 Å². The number of carbonyl (C=O) groups excluding carboxylic acids is 1. The number of carbonyl (C=O) groups is 1. The lowest BCUT2D eigenvalue weighted by molar-refractivity contribution is -0.384. The van der Waals surface area contributed by atoms with Crippen LogP contribution in [0.25, 0.3) is 16.2 Å². The van der Waals surface area contributed by atoms with Gasteiger partial charge >= 0.3 is 0 Å². The van der Waals surface area contributed by atoms with E-state index in [2.05, 4.69) is 4.98 Å². The molecule has 3 rings (SSSR count). The number of aldehydes is 1. The minimum Gasteiger partial charge on any atom is -0.296 e. The standard InChI is InChI=1S/C13H8ClN3O3S/c1-7-5-16-11(6-18)12(15-13(16)21-7)8-2-3-9(14)10(4-8)17(19)20/h2-6H,1H3. The van der Waals surface area contributed by atoms with Gasteiger partial charge in [-0.15, -0.1) is 11.3 Å². The Morgan fingerprint density at radius 1 is 1.48 bits per heavy atom. The van der Waals surface area contributed by atoms with Crippen LogP contribution in [0.2, 0.25) is 5.02 Å². The lowest BCUT2D eigenvalue weighted by Crippen LogP contribution is -1.93.